The van der Waals surface area contributed by atoms with Crippen molar-refractivity contribution >= 4 is 0 Å². The molecular formula is C20H38N2O. The second-order valence-electron chi connectivity index (χ2n) is 6.91. The molecule has 0 aliphatic carbocycles. The third-order valence-corrected chi connectivity index (χ3v) is 4.56. The van der Waals surface area contributed by atoms with Crippen molar-refractivity contribution in [3.63, 3.8) is 0 Å². The van der Waals surface area contributed by atoms with Gasteiger partial charge in [0.1, 0.15) is 0 Å². The second kappa shape index (κ2) is 14.7. The summed E-state index contributed by atoms with van der Waals surface area (Å²) in [5.74, 6) is 1.48. The molecule has 0 saturated carbocycles. The van der Waals surface area contributed by atoms with Crippen molar-refractivity contribution < 1.29 is 4.42 Å². The lowest BCUT2D eigenvalue weighted by Crippen LogP contribution is -1.87. The van der Waals surface area contributed by atoms with E-state index in [2.05, 4.69) is 17.1 Å². The van der Waals surface area contributed by atoms with E-state index < -0.39 is 0 Å². The zero-order chi connectivity index (χ0) is 16.6. The van der Waals surface area contributed by atoms with Gasteiger partial charge in [-0.15, -0.1) is 10.2 Å². The monoisotopic (exact) mass is 322 g/mol. The predicted molar refractivity (Wildman–Crippen MR) is 97.7 cm³/mol. The molecule has 3 heteroatoms. The van der Waals surface area contributed by atoms with Crippen molar-refractivity contribution in [2.75, 3.05) is 0 Å². The molecule has 1 aromatic rings. The summed E-state index contributed by atoms with van der Waals surface area (Å²) >= 11 is 0. The molecule has 0 unspecified atom stereocenters. The first kappa shape index (κ1) is 20.2. The number of hydrogen-bond donors (Lipinski definition) is 0. The van der Waals surface area contributed by atoms with Gasteiger partial charge in [-0.2, -0.15) is 0 Å². The van der Waals surface area contributed by atoms with Gasteiger partial charge in [0, 0.05) is 13.3 Å². The molecule has 134 valence electrons. The van der Waals surface area contributed by atoms with Crippen LogP contribution >= 0.6 is 0 Å². The number of aryl methyl sites for hydroxylation is 2. The standard InChI is InChI=1S/C20H38N2O/c1-3-4-5-6-7-8-9-10-11-12-13-14-15-16-17-18-20-22-21-19(2)23-20/h3-18H2,1-2H3. The Morgan fingerprint density at radius 2 is 1.04 bits per heavy atom. The van der Waals surface area contributed by atoms with Crippen molar-refractivity contribution in [1.29, 1.82) is 0 Å². The van der Waals surface area contributed by atoms with Crippen LogP contribution in [0.25, 0.3) is 0 Å². The lowest BCUT2D eigenvalue weighted by Gasteiger charge is -2.03. The third kappa shape index (κ3) is 12.3. The van der Waals surface area contributed by atoms with E-state index in [1.54, 1.807) is 0 Å². The predicted octanol–water partition coefficient (Wildman–Crippen LogP) is 6.79. The van der Waals surface area contributed by atoms with Crippen molar-refractivity contribution in [2.24, 2.45) is 0 Å². The largest absolute Gasteiger partial charge is 0.426 e. The lowest BCUT2D eigenvalue weighted by atomic mass is 10.0. The van der Waals surface area contributed by atoms with Crippen LogP contribution in [0.15, 0.2) is 4.42 Å². The molecule has 1 heterocycles. The van der Waals surface area contributed by atoms with Crippen molar-refractivity contribution in [3.05, 3.63) is 11.8 Å². The lowest BCUT2D eigenvalue weighted by molar-refractivity contribution is 0.454. The summed E-state index contributed by atoms with van der Waals surface area (Å²) in [5.41, 5.74) is 0. The molecule has 23 heavy (non-hydrogen) atoms. The zero-order valence-electron chi connectivity index (χ0n) is 15.6. The molecule has 0 amide bonds. The molecule has 0 atom stereocenters. The third-order valence-electron chi connectivity index (χ3n) is 4.56. The summed E-state index contributed by atoms with van der Waals surface area (Å²) in [4.78, 5) is 0. The topological polar surface area (TPSA) is 38.9 Å². The van der Waals surface area contributed by atoms with Crippen LogP contribution in [0.4, 0.5) is 0 Å². The highest BCUT2D eigenvalue weighted by Crippen LogP contribution is 2.14. The van der Waals surface area contributed by atoms with Gasteiger partial charge in [0.25, 0.3) is 0 Å². The molecule has 0 aromatic carbocycles. The van der Waals surface area contributed by atoms with Gasteiger partial charge in [-0.3, -0.25) is 0 Å². The number of aromatic nitrogens is 2. The Bertz CT molecular complexity index is 362. The van der Waals surface area contributed by atoms with E-state index in [-0.39, 0.29) is 0 Å². The van der Waals surface area contributed by atoms with Crippen LogP contribution in [-0.4, -0.2) is 10.2 Å². The van der Waals surface area contributed by atoms with E-state index in [1.165, 1.54) is 96.3 Å². The Morgan fingerprint density at radius 3 is 1.43 bits per heavy atom. The first-order valence-electron chi connectivity index (χ1n) is 10.1. The maximum atomic E-state index is 5.38. The first-order valence-corrected chi connectivity index (χ1v) is 10.1. The first-order chi connectivity index (χ1) is 11.3. The van der Waals surface area contributed by atoms with E-state index in [0.29, 0.717) is 5.89 Å². The molecule has 0 bridgehead atoms. The van der Waals surface area contributed by atoms with Crippen molar-refractivity contribution in [3.8, 4) is 0 Å². The van der Waals surface area contributed by atoms with Crippen LogP contribution in [0.5, 0.6) is 0 Å². The normalized spacial score (nSPS) is 11.2. The summed E-state index contributed by atoms with van der Waals surface area (Å²) in [6, 6.07) is 0. The molecule has 0 N–H and O–H groups in total. The molecule has 1 aromatic heterocycles. The Morgan fingerprint density at radius 1 is 0.609 bits per heavy atom. The van der Waals surface area contributed by atoms with Crippen LogP contribution in [0.2, 0.25) is 0 Å². The fourth-order valence-corrected chi connectivity index (χ4v) is 3.09. The minimum Gasteiger partial charge on any atom is -0.426 e. The van der Waals surface area contributed by atoms with Gasteiger partial charge in [-0.1, -0.05) is 96.8 Å². The van der Waals surface area contributed by atoms with Gasteiger partial charge in [-0.25, -0.2) is 0 Å². The van der Waals surface area contributed by atoms with Crippen LogP contribution in [0, 0.1) is 6.92 Å². The Labute approximate surface area is 143 Å². The quantitative estimate of drug-likeness (QED) is 0.314. The van der Waals surface area contributed by atoms with Crippen LogP contribution < -0.4 is 0 Å². The molecule has 1 rings (SSSR count). The van der Waals surface area contributed by atoms with Gasteiger partial charge in [0.15, 0.2) is 0 Å². The maximum absolute atomic E-state index is 5.38. The molecule has 3 nitrogen and oxygen atoms in total. The highest BCUT2D eigenvalue weighted by molar-refractivity contribution is 4.78. The smallest absolute Gasteiger partial charge is 0.216 e. The Hall–Kier alpha value is -0.860. The Kier molecular flexibility index (Phi) is 12.9. The molecule has 0 radical (unpaired) electrons. The minimum atomic E-state index is 0.681. The molecule has 0 fully saturated rings. The van der Waals surface area contributed by atoms with Gasteiger partial charge in [0.05, 0.1) is 0 Å². The molecular weight excluding hydrogens is 284 g/mol. The average Bonchev–Trinajstić information content (AvgIpc) is 2.96. The Balaban J connectivity index is 1.71. The summed E-state index contributed by atoms with van der Waals surface area (Å²) in [6.07, 6.45) is 21.9. The summed E-state index contributed by atoms with van der Waals surface area (Å²) in [6.45, 7) is 4.14. The van der Waals surface area contributed by atoms with E-state index in [9.17, 15) is 0 Å². The highest BCUT2D eigenvalue weighted by atomic mass is 16.4. The van der Waals surface area contributed by atoms with Gasteiger partial charge < -0.3 is 4.42 Å². The SMILES string of the molecule is CCCCCCCCCCCCCCCCCc1nnc(C)o1. The summed E-state index contributed by atoms with van der Waals surface area (Å²) < 4.78 is 5.38. The van der Waals surface area contributed by atoms with Crippen LogP contribution in [0.3, 0.4) is 0 Å². The van der Waals surface area contributed by atoms with Crippen LogP contribution in [-0.2, 0) is 6.42 Å². The number of hydrogen-bond acceptors (Lipinski definition) is 3. The molecule has 0 saturated heterocycles. The van der Waals surface area contributed by atoms with Gasteiger partial charge in [-0.05, 0) is 6.42 Å². The molecule has 0 spiro atoms. The van der Waals surface area contributed by atoms with E-state index >= 15 is 0 Å². The fourth-order valence-electron chi connectivity index (χ4n) is 3.09. The van der Waals surface area contributed by atoms with Crippen molar-refractivity contribution in [2.45, 2.75) is 117 Å². The molecule has 0 aliphatic heterocycles. The number of rotatable bonds is 16. The number of nitrogens with zero attached hydrogens (tertiary/aromatic N) is 2. The van der Waals surface area contributed by atoms with Crippen LogP contribution in [0.1, 0.15) is 115 Å². The van der Waals surface area contributed by atoms with E-state index in [1.807, 2.05) is 6.92 Å². The highest BCUT2D eigenvalue weighted by Gasteiger charge is 2.01. The average molecular weight is 323 g/mol. The fraction of sp³-hybridized carbons (Fsp3) is 0.900. The summed E-state index contributed by atoms with van der Waals surface area (Å²) in [7, 11) is 0. The van der Waals surface area contributed by atoms with Gasteiger partial charge in [0.2, 0.25) is 11.8 Å². The van der Waals surface area contributed by atoms with Crippen molar-refractivity contribution in [1.82, 2.24) is 10.2 Å². The van der Waals surface area contributed by atoms with Gasteiger partial charge >= 0.3 is 0 Å². The number of unbranched alkanes of at least 4 members (excludes halogenated alkanes) is 14. The maximum Gasteiger partial charge on any atom is 0.216 e. The summed E-state index contributed by atoms with van der Waals surface area (Å²) in [5, 5.41) is 7.89. The van der Waals surface area contributed by atoms with E-state index in [4.69, 9.17) is 4.42 Å². The zero-order valence-corrected chi connectivity index (χ0v) is 15.6. The minimum absolute atomic E-state index is 0.681. The van der Waals surface area contributed by atoms with E-state index in [0.717, 1.165) is 12.3 Å². The molecule has 0 aliphatic rings. The second-order valence-corrected chi connectivity index (χ2v) is 6.91.